The molecule has 0 bridgehead atoms. The van der Waals surface area contributed by atoms with Crippen LogP contribution in [-0.2, 0) is 9.59 Å². The third-order valence-electron chi connectivity index (χ3n) is 3.57. The summed E-state index contributed by atoms with van der Waals surface area (Å²) < 4.78 is 5.60. The zero-order valence-electron chi connectivity index (χ0n) is 12.3. The van der Waals surface area contributed by atoms with Crippen molar-refractivity contribution in [3.63, 3.8) is 0 Å². The standard InChI is InChI=1S/C15H21N3O3/c1-15(2,14(16)20)9-18-13(19)12-10-5-3-4-6-11(10)21-8-7-17-12/h3-6,12,17H,7-9H2,1-2H3,(H2,16,20)(H,18,19)/t12-/m1/s1. The van der Waals surface area contributed by atoms with Gasteiger partial charge in [0.1, 0.15) is 18.4 Å². The highest BCUT2D eigenvalue weighted by Crippen LogP contribution is 2.27. The van der Waals surface area contributed by atoms with Crippen LogP contribution in [0, 0.1) is 5.41 Å². The molecular weight excluding hydrogens is 270 g/mol. The quantitative estimate of drug-likeness (QED) is 0.745. The van der Waals surface area contributed by atoms with Crippen LogP contribution in [-0.4, -0.2) is 31.5 Å². The van der Waals surface area contributed by atoms with Crippen molar-refractivity contribution in [1.82, 2.24) is 10.6 Å². The van der Waals surface area contributed by atoms with Gasteiger partial charge in [-0.05, 0) is 19.9 Å². The Hall–Kier alpha value is -2.08. The van der Waals surface area contributed by atoms with E-state index in [0.717, 1.165) is 5.56 Å². The summed E-state index contributed by atoms with van der Waals surface area (Å²) in [5.41, 5.74) is 5.32. The fourth-order valence-electron chi connectivity index (χ4n) is 2.06. The third kappa shape index (κ3) is 3.52. The second-order valence-corrected chi connectivity index (χ2v) is 5.74. The third-order valence-corrected chi connectivity index (χ3v) is 3.57. The number of fused-ring (bicyclic) bond motifs is 1. The first-order chi connectivity index (χ1) is 9.92. The van der Waals surface area contributed by atoms with Gasteiger partial charge in [-0.15, -0.1) is 0 Å². The fourth-order valence-corrected chi connectivity index (χ4v) is 2.06. The van der Waals surface area contributed by atoms with Gasteiger partial charge in [-0.1, -0.05) is 18.2 Å². The molecule has 0 saturated heterocycles. The van der Waals surface area contributed by atoms with E-state index in [1.807, 2.05) is 24.3 Å². The van der Waals surface area contributed by atoms with Crippen molar-refractivity contribution in [3.8, 4) is 5.75 Å². The predicted octanol–water partition coefficient (Wildman–Crippen LogP) is 0.337. The zero-order chi connectivity index (χ0) is 15.5. The van der Waals surface area contributed by atoms with Crippen LogP contribution < -0.4 is 21.1 Å². The number of rotatable bonds is 4. The summed E-state index contributed by atoms with van der Waals surface area (Å²) in [6.07, 6.45) is 0. The molecule has 1 aliphatic rings. The van der Waals surface area contributed by atoms with Crippen molar-refractivity contribution in [3.05, 3.63) is 29.8 Å². The maximum atomic E-state index is 12.4. The number of amides is 2. The molecule has 1 aromatic carbocycles. The first-order valence-corrected chi connectivity index (χ1v) is 6.94. The van der Waals surface area contributed by atoms with E-state index < -0.39 is 17.4 Å². The minimum Gasteiger partial charge on any atom is -0.492 e. The normalized spacial score (nSPS) is 18.1. The number of nitrogens with two attached hydrogens (primary N) is 1. The second kappa shape index (κ2) is 6.13. The van der Waals surface area contributed by atoms with Crippen LogP contribution in [0.2, 0.25) is 0 Å². The van der Waals surface area contributed by atoms with E-state index >= 15 is 0 Å². The Morgan fingerprint density at radius 1 is 1.43 bits per heavy atom. The van der Waals surface area contributed by atoms with Crippen LogP contribution in [0.5, 0.6) is 5.75 Å². The molecule has 2 rings (SSSR count). The summed E-state index contributed by atoms with van der Waals surface area (Å²) in [4.78, 5) is 23.7. The summed E-state index contributed by atoms with van der Waals surface area (Å²) >= 11 is 0. The molecular formula is C15H21N3O3. The number of hydrogen-bond acceptors (Lipinski definition) is 4. The largest absolute Gasteiger partial charge is 0.492 e. The number of benzene rings is 1. The molecule has 114 valence electrons. The highest BCUT2D eigenvalue weighted by atomic mass is 16.5. The van der Waals surface area contributed by atoms with E-state index in [1.54, 1.807) is 13.8 Å². The number of ether oxygens (including phenoxy) is 1. The summed E-state index contributed by atoms with van der Waals surface area (Å²) in [5.74, 6) is 0.0689. The molecule has 1 heterocycles. The van der Waals surface area contributed by atoms with Crippen LogP contribution in [0.3, 0.4) is 0 Å². The molecule has 0 aliphatic carbocycles. The Balaban J connectivity index is 2.11. The lowest BCUT2D eigenvalue weighted by atomic mass is 9.92. The van der Waals surface area contributed by atoms with Crippen LogP contribution >= 0.6 is 0 Å². The Morgan fingerprint density at radius 3 is 2.86 bits per heavy atom. The van der Waals surface area contributed by atoms with Crippen molar-refractivity contribution in [2.75, 3.05) is 19.7 Å². The highest BCUT2D eigenvalue weighted by Gasteiger charge is 2.29. The lowest BCUT2D eigenvalue weighted by molar-refractivity contribution is -0.127. The Bertz CT molecular complexity index is 543. The number of carbonyl (C=O) groups excluding carboxylic acids is 2. The van der Waals surface area contributed by atoms with Crippen molar-refractivity contribution < 1.29 is 14.3 Å². The fraction of sp³-hybridized carbons (Fsp3) is 0.467. The molecule has 0 spiro atoms. The van der Waals surface area contributed by atoms with Crippen molar-refractivity contribution >= 4 is 11.8 Å². The highest BCUT2D eigenvalue weighted by molar-refractivity contribution is 5.85. The second-order valence-electron chi connectivity index (χ2n) is 5.74. The molecule has 6 nitrogen and oxygen atoms in total. The van der Waals surface area contributed by atoms with E-state index in [-0.39, 0.29) is 12.5 Å². The number of hydrogen-bond donors (Lipinski definition) is 3. The van der Waals surface area contributed by atoms with Gasteiger partial charge in [0, 0.05) is 18.7 Å². The van der Waals surface area contributed by atoms with Gasteiger partial charge in [0.2, 0.25) is 11.8 Å². The smallest absolute Gasteiger partial charge is 0.241 e. The van der Waals surface area contributed by atoms with E-state index in [0.29, 0.717) is 18.9 Å². The molecule has 2 amide bonds. The molecule has 0 aromatic heterocycles. The zero-order valence-corrected chi connectivity index (χ0v) is 12.3. The van der Waals surface area contributed by atoms with Crippen LogP contribution in [0.25, 0.3) is 0 Å². The Labute approximate surface area is 124 Å². The van der Waals surface area contributed by atoms with Gasteiger partial charge in [-0.2, -0.15) is 0 Å². The summed E-state index contributed by atoms with van der Waals surface area (Å²) in [6, 6.07) is 6.94. The van der Waals surface area contributed by atoms with Crippen molar-refractivity contribution in [1.29, 1.82) is 0 Å². The number of primary amides is 1. The molecule has 1 aromatic rings. The van der Waals surface area contributed by atoms with Crippen molar-refractivity contribution in [2.45, 2.75) is 19.9 Å². The molecule has 0 saturated carbocycles. The first-order valence-electron chi connectivity index (χ1n) is 6.94. The van der Waals surface area contributed by atoms with Gasteiger partial charge >= 0.3 is 0 Å². The van der Waals surface area contributed by atoms with Gasteiger partial charge in [-0.3, -0.25) is 14.9 Å². The van der Waals surface area contributed by atoms with Gasteiger partial charge in [0.15, 0.2) is 0 Å². The van der Waals surface area contributed by atoms with E-state index in [4.69, 9.17) is 10.5 Å². The monoisotopic (exact) mass is 291 g/mol. The van der Waals surface area contributed by atoms with E-state index in [2.05, 4.69) is 10.6 Å². The summed E-state index contributed by atoms with van der Waals surface area (Å²) in [7, 11) is 0. The first kappa shape index (κ1) is 15.3. The number of para-hydroxylation sites is 1. The lowest BCUT2D eigenvalue weighted by Gasteiger charge is -2.23. The average Bonchev–Trinajstić information content (AvgIpc) is 2.67. The Morgan fingerprint density at radius 2 is 2.14 bits per heavy atom. The Kier molecular flexibility index (Phi) is 4.47. The molecule has 21 heavy (non-hydrogen) atoms. The van der Waals surface area contributed by atoms with E-state index in [1.165, 1.54) is 0 Å². The minimum atomic E-state index is -0.781. The van der Waals surface area contributed by atoms with Crippen LogP contribution in [0.1, 0.15) is 25.5 Å². The van der Waals surface area contributed by atoms with Crippen LogP contribution in [0.15, 0.2) is 24.3 Å². The topological polar surface area (TPSA) is 93.4 Å². The summed E-state index contributed by atoms with van der Waals surface area (Å²) in [6.45, 7) is 4.68. The van der Waals surface area contributed by atoms with Gasteiger partial charge in [0.05, 0.1) is 5.41 Å². The number of carbonyl (C=O) groups is 2. The maximum absolute atomic E-state index is 12.4. The molecule has 0 radical (unpaired) electrons. The maximum Gasteiger partial charge on any atom is 0.241 e. The minimum absolute atomic E-state index is 0.192. The van der Waals surface area contributed by atoms with Gasteiger partial charge in [0.25, 0.3) is 0 Å². The molecule has 1 aliphatic heterocycles. The lowest BCUT2D eigenvalue weighted by Crippen LogP contribution is -2.45. The molecule has 0 unspecified atom stereocenters. The SMILES string of the molecule is CC(C)(CNC(=O)[C@@H]1NCCOc2ccccc21)C(N)=O. The average molecular weight is 291 g/mol. The predicted molar refractivity (Wildman–Crippen MR) is 78.7 cm³/mol. The van der Waals surface area contributed by atoms with Crippen molar-refractivity contribution in [2.24, 2.45) is 11.1 Å². The summed E-state index contributed by atoms with van der Waals surface area (Å²) in [5, 5.41) is 5.93. The molecule has 0 fully saturated rings. The molecule has 4 N–H and O–H groups in total. The molecule has 1 atom stereocenters. The van der Waals surface area contributed by atoms with E-state index in [9.17, 15) is 9.59 Å². The molecule has 6 heteroatoms. The van der Waals surface area contributed by atoms with Gasteiger partial charge < -0.3 is 15.8 Å². The number of nitrogens with one attached hydrogen (secondary N) is 2. The van der Waals surface area contributed by atoms with Gasteiger partial charge in [-0.25, -0.2) is 0 Å². The van der Waals surface area contributed by atoms with Crippen LogP contribution in [0.4, 0.5) is 0 Å².